The van der Waals surface area contributed by atoms with Gasteiger partial charge in [-0.2, -0.15) is 0 Å². The number of hydrogen-bond donors (Lipinski definition) is 1. The Morgan fingerprint density at radius 1 is 1.13 bits per heavy atom. The maximum absolute atomic E-state index is 12.1. The number of amidine groups is 1. The van der Waals surface area contributed by atoms with E-state index in [2.05, 4.69) is 26.2 Å². The lowest BCUT2D eigenvalue weighted by Crippen LogP contribution is -2.24. The number of nitrogens with zero attached hydrogens (tertiary/aromatic N) is 1. The maximum Gasteiger partial charge on any atom is 0.275 e. The van der Waals surface area contributed by atoms with Crippen molar-refractivity contribution in [2.45, 2.75) is 0 Å². The summed E-state index contributed by atoms with van der Waals surface area (Å²) in [6, 6.07) is 13.2. The molecule has 6 heteroatoms. The van der Waals surface area contributed by atoms with Gasteiger partial charge in [0.05, 0.1) is 0 Å². The minimum absolute atomic E-state index is 0.207. The summed E-state index contributed by atoms with van der Waals surface area (Å²) in [6.07, 6.45) is 1.72. The topological polar surface area (TPSA) is 59.9 Å². The number of carbonyl (C=O) groups is 1. The van der Waals surface area contributed by atoms with Gasteiger partial charge in [0.15, 0.2) is 11.5 Å². The van der Waals surface area contributed by atoms with Gasteiger partial charge in [-0.3, -0.25) is 4.79 Å². The van der Waals surface area contributed by atoms with Gasteiger partial charge in [-0.25, -0.2) is 4.99 Å². The Labute approximate surface area is 140 Å². The number of rotatable bonds is 2. The van der Waals surface area contributed by atoms with Gasteiger partial charge in [-0.1, -0.05) is 46.3 Å². The molecule has 2 aromatic carbocycles. The number of halogens is 1. The van der Waals surface area contributed by atoms with Gasteiger partial charge in [-0.05, 0) is 23.8 Å². The summed E-state index contributed by atoms with van der Waals surface area (Å²) >= 11 is 3.48. The summed E-state index contributed by atoms with van der Waals surface area (Å²) in [6.45, 7) is 0.207. The predicted octanol–water partition coefficient (Wildman–Crippen LogP) is 3.10. The molecule has 0 spiro atoms. The highest BCUT2D eigenvalue weighted by atomic mass is 79.9. The van der Waals surface area contributed by atoms with Crippen LogP contribution in [0.3, 0.4) is 0 Å². The minimum Gasteiger partial charge on any atom is -0.454 e. The molecule has 2 aliphatic heterocycles. The van der Waals surface area contributed by atoms with E-state index in [1.807, 2.05) is 42.5 Å². The molecule has 0 atom stereocenters. The van der Waals surface area contributed by atoms with E-state index >= 15 is 0 Å². The van der Waals surface area contributed by atoms with Crippen molar-refractivity contribution >= 4 is 33.7 Å². The summed E-state index contributed by atoms with van der Waals surface area (Å²) in [4.78, 5) is 16.5. The zero-order valence-electron chi connectivity index (χ0n) is 11.9. The van der Waals surface area contributed by atoms with E-state index in [0.29, 0.717) is 23.0 Å². The first-order chi connectivity index (χ1) is 11.2. The number of hydrogen-bond acceptors (Lipinski definition) is 4. The molecular weight excluding hydrogens is 360 g/mol. The number of carbonyl (C=O) groups excluding carboxylic acids is 1. The van der Waals surface area contributed by atoms with Gasteiger partial charge in [0.1, 0.15) is 11.5 Å². The van der Waals surface area contributed by atoms with Crippen LogP contribution in [0, 0.1) is 0 Å². The lowest BCUT2D eigenvalue weighted by atomic mass is 10.1. The van der Waals surface area contributed by atoms with Crippen LogP contribution in [-0.4, -0.2) is 18.5 Å². The molecule has 5 nitrogen and oxygen atoms in total. The molecule has 1 N–H and O–H groups in total. The van der Waals surface area contributed by atoms with E-state index in [1.165, 1.54) is 0 Å². The molecule has 0 saturated heterocycles. The highest BCUT2D eigenvalue weighted by molar-refractivity contribution is 9.10. The van der Waals surface area contributed by atoms with Crippen LogP contribution in [0.1, 0.15) is 11.1 Å². The molecule has 0 saturated carbocycles. The molecule has 2 heterocycles. The number of fused-ring (bicyclic) bond motifs is 1. The minimum atomic E-state index is -0.228. The van der Waals surface area contributed by atoms with E-state index in [4.69, 9.17) is 9.47 Å². The van der Waals surface area contributed by atoms with Crippen molar-refractivity contribution in [2.75, 3.05) is 6.79 Å². The second-order valence-electron chi connectivity index (χ2n) is 5.04. The van der Waals surface area contributed by atoms with Gasteiger partial charge >= 0.3 is 0 Å². The summed E-state index contributed by atoms with van der Waals surface area (Å²) in [5.74, 6) is 1.67. The van der Waals surface area contributed by atoms with Crippen molar-refractivity contribution in [1.29, 1.82) is 0 Å². The van der Waals surface area contributed by atoms with E-state index in [9.17, 15) is 4.79 Å². The van der Waals surface area contributed by atoms with Crippen LogP contribution in [0.5, 0.6) is 11.5 Å². The van der Waals surface area contributed by atoms with Crippen molar-refractivity contribution in [3.05, 3.63) is 63.8 Å². The molecule has 0 radical (unpaired) electrons. The first kappa shape index (κ1) is 14.0. The third-order valence-corrected chi connectivity index (χ3v) is 4.21. The summed E-state index contributed by atoms with van der Waals surface area (Å²) < 4.78 is 11.5. The molecule has 0 bridgehead atoms. The fourth-order valence-electron chi connectivity index (χ4n) is 2.39. The van der Waals surface area contributed by atoms with Crippen LogP contribution in [0.25, 0.3) is 6.08 Å². The smallest absolute Gasteiger partial charge is 0.275 e. The number of benzene rings is 2. The number of nitrogens with one attached hydrogen (secondary N) is 1. The van der Waals surface area contributed by atoms with Crippen LogP contribution in [0.4, 0.5) is 0 Å². The van der Waals surface area contributed by atoms with Gasteiger partial charge < -0.3 is 14.8 Å². The molecule has 1 amide bonds. The van der Waals surface area contributed by atoms with Crippen LogP contribution >= 0.6 is 15.9 Å². The standard InChI is InChI=1S/C17H11BrN2O3/c18-12-8-15-14(22-9-23-15)7-11(12)6-13-17(21)20-16(19-13)10-4-2-1-3-5-10/h1-8H,9H2,(H,19,20,21)/b13-6+. The van der Waals surface area contributed by atoms with Crippen molar-refractivity contribution in [3.8, 4) is 11.5 Å². The first-order valence-corrected chi connectivity index (χ1v) is 7.76. The Hall–Kier alpha value is -2.60. The Balaban J connectivity index is 1.71. The van der Waals surface area contributed by atoms with E-state index in [0.717, 1.165) is 15.6 Å². The second-order valence-corrected chi connectivity index (χ2v) is 5.89. The fraction of sp³-hybridized carbons (Fsp3) is 0.0588. The Morgan fingerprint density at radius 2 is 1.87 bits per heavy atom. The summed E-state index contributed by atoms with van der Waals surface area (Å²) in [7, 11) is 0. The van der Waals surface area contributed by atoms with Crippen LogP contribution < -0.4 is 14.8 Å². The Kier molecular flexibility index (Phi) is 3.38. The van der Waals surface area contributed by atoms with Crippen LogP contribution in [-0.2, 0) is 4.79 Å². The number of ether oxygens (including phenoxy) is 2. The quantitative estimate of drug-likeness (QED) is 0.826. The van der Waals surface area contributed by atoms with E-state index < -0.39 is 0 Å². The monoisotopic (exact) mass is 370 g/mol. The molecule has 0 unspecified atom stereocenters. The molecule has 114 valence electrons. The lowest BCUT2D eigenvalue weighted by molar-refractivity contribution is -0.115. The Morgan fingerprint density at radius 3 is 2.65 bits per heavy atom. The normalized spacial score (nSPS) is 17.3. The van der Waals surface area contributed by atoms with E-state index in [-0.39, 0.29) is 12.7 Å². The van der Waals surface area contributed by atoms with Gasteiger partial charge in [-0.15, -0.1) is 0 Å². The second kappa shape index (κ2) is 5.55. The van der Waals surface area contributed by atoms with Crippen molar-refractivity contribution in [3.63, 3.8) is 0 Å². The highest BCUT2D eigenvalue weighted by Crippen LogP contribution is 2.37. The number of aliphatic imine (C=N–C) groups is 1. The average molecular weight is 371 g/mol. The third kappa shape index (κ3) is 2.61. The number of amides is 1. The molecule has 2 aliphatic rings. The molecule has 0 aliphatic carbocycles. The molecule has 23 heavy (non-hydrogen) atoms. The molecular formula is C17H11BrN2O3. The zero-order chi connectivity index (χ0) is 15.8. The van der Waals surface area contributed by atoms with Crippen LogP contribution in [0.2, 0.25) is 0 Å². The van der Waals surface area contributed by atoms with Gasteiger partial charge in [0, 0.05) is 10.0 Å². The van der Waals surface area contributed by atoms with Crippen molar-refractivity contribution < 1.29 is 14.3 Å². The molecule has 0 fully saturated rings. The van der Waals surface area contributed by atoms with Crippen molar-refractivity contribution in [1.82, 2.24) is 5.32 Å². The largest absolute Gasteiger partial charge is 0.454 e. The van der Waals surface area contributed by atoms with Crippen molar-refractivity contribution in [2.24, 2.45) is 4.99 Å². The molecule has 2 aromatic rings. The van der Waals surface area contributed by atoms with Gasteiger partial charge in [0.2, 0.25) is 6.79 Å². The summed E-state index contributed by atoms with van der Waals surface area (Å²) in [5, 5.41) is 2.78. The van der Waals surface area contributed by atoms with E-state index in [1.54, 1.807) is 6.08 Å². The van der Waals surface area contributed by atoms with Crippen LogP contribution in [0.15, 0.2) is 57.6 Å². The predicted molar refractivity (Wildman–Crippen MR) is 89.4 cm³/mol. The van der Waals surface area contributed by atoms with Gasteiger partial charge in [0.25, 0.3) is 5.91 Å². The Bertz CT molecular complexity index is 860. The zero-order valence-corrected chi connectivity index (χ0v) is 13.5. The third-order valence-electron chi connectivity index (χ3n) is 3.53. The average Bonchev–Trinajstić information content (AvgIpc) is 3.15. The molecule has 0 aromatic heterocycles. The first-order valence-electron chi connectivity index (χ1n) is 6.97. The maximum atomic E-state index is 12.1. The summed E-state index contributed by atoms with van der Waals surface area (Å²) in [5.41, 5.74) is 2.02. The lowest BCUT2D eigenvalue weighted by Gasteiger charge is -2.02. The fourth-order valence-corrected chi connectivity index (χ4v) is 2.83. The highest BCUT2D eigenvalue weighted by Gasteiger charge is 2.22. The molecule has 4 rings (SSSR count). The SMILES string of the molecule is O=C1NC(c2ccccc2)=N/C1=C/c1cc2c(cc1Br)OCO2.